The molecule has 3 N–H and O–H groups in total. The highest BCUT2D eigenvalue weighted by Gasteiger charge is 2.20. The molecule has 0 aromatic rings. The molecule has 0 spiro atoms. The molecule has 0 bridgehead atoms. The Labute approximate surface area is 106 Å². The summed E-state index contributed by atoms with van der Waals surface area (Å²) in [6.45, 7) is 1.88. The number of hydrogen-bond donors (Lipinski definition) is 3. The number of carbonyl (C=O) groups excluding carboxylic acids is 1. The first-order valence-electron chi connectivity index (χ1n) is 5.82. The van der Waals surface area contributed by atoms with E-state index in [0.717, 1.165) is 6.42 Å². The van der Waals surface area contributed by atoms with Crippen LogP contribution in [0, 0.1) is 0 Å². The zero-order valence-electron chi connectivity index (χ0n) is 10.4. The molecule has 6 heteroatoms. The number of carbonyl (C=O) groups is 3. The largest absolute Gasteiger partial charge is 0.481 e. The van der Waals surface area contributed by atoms with Crippen LogP contribution in [0.15, 0.2) is 12.2 Å². The molecule has 0 rings (SSSR count). The zero-order valence-corrected chi connectivity index (χ0v) is 10.4. The minimum atomic E-state index is -1.21. The second-order valence-electron chi connectivity index (χ2n) is 3.85. The van der Waals surface area contributed by atoms with Crippen LogP contribution >= 0.6 is 0 Å². The normalized spacial score (nSPS) is 12.3. The van der Waals surface area contributed by atoms with E-state index in [1.807, 2.05) is 19.1 Å². The monoisotopic (exact) mass is 257 g/mol. The van der Waals surface area contributed by atoms with Gasteiger partial charge in [0.1, 0.15) is 6.04 Å². The third kappa shape index (κ3) is 8.32. The molecule has 0 fully saturated rings. The second kappa shape index (κ2) is 9.21. The van der Waals surface area contributed by atoms with E-state index in [9.17, 15) is 14.4 Å². The van der Waals surface area contributed by atoms with Gasteiger partial charge in [-0.15, -0.1) is 0 Å². The smallest absolute Gasteiger partial charge is 0.326 e. The van der Waals surface area contributed by atoms with E-state index in [-0.39, 0.29) is 25.2 Å². The molecule has 0 unspecified atom stereocenters. The van der Waals surface area contributed by atoms with Gasteiger partial charge < -0.3 is 15.5 Å². The Morgan fingerprint density at radius 3 is 2.39 bits per heavy atom. The summed E-state index contributed by atoms with van der Waals surface area (Å²) in [7, 11) is 0. The van der Waals surface area contributed by atoms with Crippen molar-refractivity contribution in [1.29, 1.82) is 0 Å². The highest BCUT2D eigenvalue weighted by atomic mass is 16.4. The van der Waals surface area contributed by atoms with Crippen molar-refractivity contribution in [2.75, 3.05) is 0 Å². The first kappa shape index (κ1) is 16.1. The van der Waals surface area contributed by atoms with Crippen molar-refractivity contribution >= 4 is 17.8 Å². The number of rotatable bonds is 9. The van der Waals surface area contributed by atoms with E-state index >= 15 is 0 Å². The number of carboxylic acid groups (broad SMARTS) is 2. The molecular formula is C12H19NO5. The van der Waals surface area contributed by atoms with Crippen molar-refractivity contribution in [3.8, 4) is 0 Å². The molecule has 0 saturated carbocycles. The number of amides is 1. The molecule has 18 heavy (non-hydrogen) atoms. The van der Waals surface area contributed by atoms with Gasteiger partial charge in [0.2, 0.25) is 5.91 Å². The van der Waals surface area contributed by atoms with Gasteiger partial charge in [-0.25, -0.2) is 4.79 Å². The van der Waals surface area contributed by atoms with Crippen LogP contribution in [0.3, 0.4) is 0 Å². The van der Waals surface area contributed by atoms with E-state index in [1.165, 1.54) is 0 Å². The van der Waals surface area contributed by atoms with Crippen molar-refractivity contribution < 1.29 is 24.6 Å². The standard InChI is InChI=1S/C12H19NO5/c1-2-3-4-5-6-10(14)13-9(12(17)18)7-8-11(15)16/h2-3,9H,4-8H2,1H3,(H,13,14)(H,15,16)(H,17,18)/b3-2+/t9-/m0/s1. The quantitative estimate of drug-likeness (QED) is 0.425. The predicted molar refractivity (Wildman–Crippen MR) is 65.1 cm³/mol. The number of aliphatic carboxylic acids is 2. The molecule has 1 amide bonds. The second-order valence-corrected chi connectivity index (χ2v) is 3.85. The third-order valence-electron chi connectivity index (χ3n) is 2.29. The van der Waals surface area contributed by atoms with Crippen LogP contribution in [0.5, 0.6) is 0 Å². The molecule has 0 saturated heterocycles. The van der Waals surface area contributed by atoms with Gasteiger partial charge in [-0.05, 0) is 26.2 Å². The Morgan fingerprint density at radius 2 is 1.89 bits per heavy atom. The van der Waals surface area contributed by atoms with Gasteiger partial charge in [0, 0.05) is 12.8 Å². The van der Waals surface area contributed by atoms with Crippen molar-refractivity contribution in [3.63, 3.8) is 0 Å². The van der Waals surface area contributed by atoms with Crippen molar-refractivity contribution in [1.82, 2.24) is 5.32 Å². The van der Waals surface area contributed by atoms with Gasteiger partial charge in [0.25, 0.3) is 0 Å². The molecule has 0 aliphatic carbocycles. The summed E-state index contributed by atoms with van der Waals surface area (Å²) in [5.74, 6) is -2.65. The Morgan fingerprint density at radius 1 is 1.22 bits per heavy atom. The number of allylic oxidation sites excluding steroid dienone is 2. The van der Waals surface area contributed by atoms with Crippen LogP contribution < -0.4 is 5.32 Å². The summed E-state index contributed by atoms with van der Waals surface area (Å²) in [6, 6.07) is -1.13. The SMILES string of the molecule is C/C=C/CCCC(=O)N[C@@H](CCC(=O)O)C(=O)O. The fraction of sp³-hybridized carbons (Fsp3) is 0.583. The van der Waals surface area contributed by atoms with Crippen molar-refractivity contribution in [2.24, 2.45) is 0 Å². The summed E-state index contributed by atoms with van der Waals surface area (Å²) < 4.78 is 0. The fourth-order valence-electron chi connectivity index (χ4n) is 1.34. The molecule has 0 aliphatic heterocycles. The Kier molecular flexibility index (Phi) is 8.26. The highest BCUT2D eigenvalue weighted by Crippen LogP contribution is 2.01. The summed E-state index contributed by atoms with van der Waals surface area (Å²) in [5.41, 5.74) is 0. The first-order valence-corrected chi connectivity index (χ1v) is 5.82. The first-order chi connectivity index (χ1) is 8.47. The van der Waals surface area contributed by atoms with Gasteiger partial charge in [-0.2, -0.15) is 0 Å². The van der Waals surface area contributed by atoms with Gasteiger partial charge >= 0.3 is 11.9 Å². The van der Waals surface area contributed by atoms with Gasteiger partial charge in [0.15, 0.2) is 0 Å². The van der Waals surface area contributed by atoms with Gasteiger partial charge in [-0.3, -0.25) is 9.59 Å². The van der Waals surface area contributed by atoms with E-state index in [4.69, 9.17) is 10.2 Å². The van der Waals surface area contributed by atoms with E-state index in [2.05, 4.69) is 5.32 Å². The molecule has 1 atom stereocenters. The average molecular weight is 257 g/mol. The summed E-state index contributed by atoms with van der Waals surface area (Å²) >= 11 is 0. The van der Waals surface area contributed by atoms with Gasteiger partial charge in [-0.1, -0.05) is 12.2 Å². The summed E-state index contributed by atoms with van der Waals surface area (Å²) in [6.07, 6.45) is 5.05. The molecular weight excluding hydrogens is 238 g/mol. The summed E-state index contributed by atoms with van der Waals surface area (Å²) in [4.78, 5) is 32.6. The minimum absolute atomic E-state index is 0.106. The van der Waals surface area contributed by atoms with Crippen LogP contribution in [-0.4, -0.2) is 34.1 Å². The molecule has 0 aromatic heterocycles. The molecule has 0 aliphatic rings. The predicted octanol–water partition coefficient (Wildman–Crippen LogP) is 1.17. The third-order valence-corrected chi connectivity index (χ3v) is 2.29. The molecule has 0 radical (unpaired) electrons. The average Bonchev–Trinajstić information content (AvgIpc) is 2.29. The molecule has 102 valence electrons. The maximum Gasteiger partial charge on any atom is 0.326 e. The lowest BCUT2D eigenvalue weighted by molar-refractivity contribution is -0.143. The minimum Gasteiger partial charge on any atom is -0.481 e. The molecule has 6 nitrogen and oxygen atoms in total. The number of hydrogen-bond acceptors (Lipinski definition) is 3. The van der Waals surface area contributed by atoms with E-state index in [0.29, 0.717) is 6.42 Å². The lowest BCUT2D eigenvalue weighted by Gasteiger charge is -2.13. The van der Waals surface area contributed by atoms with Crippen LogP contribution in [0.4, 0.5) is 0 Å². The highest BCUT2D eigenvalue weighted by molar-refractivity contribution is 5.83. The maximum absolute atomic E-state index is 11.4. The van der Waals surface area contributed by atoms with Crippen molar-refractivity contribution in [3.05, 3.63) is 12.2 Å². The number of carboxylic acids is 2. The van der Waals surface area contributed by atoms with Crippen LogP contribution in [0.2, 0.25) is 0 Å². The lowest BCUT2D eigenvalue weighted by atomic mass is 10.1. The molecule has 0 aromatic carbocycles. The Hall–Kier alpha value is -1.85. The summed E-state index contributed by atoms with van der Waals surface area (Å²) in [5, 5.41) is 19.6. The maximum atomic E-state index is 11.4. The van der Waals surface area contributed by atoms with Crippen LogP contribution in [0.25, 0.3) is 0 Å². The lowest BCUT2D eigenvalue weighted by Crippen LogP contribution is -2.41. The van der Waals surface area contributed by atoms with Crippen LogP contribution in [0.1, 0.15) is 39.0 Å². The molecule has 0 heterocycles. The van der Waals surface area contributed by atoms with Gasteiger partial charge in [0.05, 0.1) is 0 Å². The Bertz CT molecular complexity index is 324. The number of unbranched alkanes of at least 4 members (excludes halogenated alkanes) is 1. The number of nitrogens with one attached hydrogen (secondary N) is 1. The zero-order chi connectivity index (χ0) is 14.0. The van der Waals surface area contributed by atoms with E-state index in [1.54, 1.807) is 0 Å². The van der Waals surface area contributed by atoms with Crippen LogP contribution in [-0.2, 0) is 14.4 Å². The van der Waals surface area contributed by atoms with E-state index < -0.39 is 18.0 Å². The Balaban J connectivity index is 4.03. The van der Waals surface area contributed by atoms with Crippen molar-refractivity contribution in [2.45, 2.75) is 45.1 Å². The topological polar surface area (TPSA) is 104 Å². The fourth-order valence-corrected chi connectivity index (χ4v) is 1.34.